The topological polar surface area (TPSA) is 50.4 Å². The van der Waals surface area contributed by atoms with E-state index in [1.54, 1.807) is 25.3 Å². The van der Waals surface area contributed by atoms with Gasteiger partial charge in [0.15, 0.2) is 0 Å². The van der Waals surface area contributed by atoms with E-state index in [1.807, 2.05) is 24.3 Å². The van der Waals surface area contributed by atoms with Crippen molar-refractivity contribution in [2.45, 2.75) is 6.54 Å². The number of amides is 1. The fourth-order valence-electron chi connectivity index (χ4n) is 1.89. The van der Waals surface area contributed by atoms with Crippen LogP contribution in [0, 0.1) is 5.82 Å². The molecule has 0 aromatic heterocycles. The maximum atomic E-state index is 13.4. The summed E-state index contributed by atoms with van der Waals surface area (Å²) < 4.78 is 18.6. The zero-order chi connectivity index (χ0) is 15.1. The predicted octanol–water partition coefficient (Wildman–Crippen LogP) is 2.56. The van der Waals surface area contributed by atoms with Gasteiger partial charge in [0.2, 0.25) is 5.91 Å². The fourth-order valence-corrected chi connectivity index (χ4v) is 1.89. The molecule has 110 valence electrons. The number of hydrogen-bond donors (Lipinski definition) is 2. The van der Waals surface area contributed by atoms with Crippen molar-refractivity contribution in [3.8, 4) is 5.75 Å². The van der Waals surface area contributed by atoms with Crippen molar-refractivity contribution in [1.29, 1.82) is 0 Å². The van der Waals surface area contributed by atoms with Gasteiger partial charge in [0.1, 0.15) is 11.6 Å². The van der Waals surface area contributed by atoms with Gasteiger partial charge in [0, 0.05) is 12.1 Å². The van der Waals surface area contributed by atoms with E-state index < -0.39 is 0 Å². The Morgan fingerprint density at radius 1 is 1.14 bits per heavy atom. The summed E-state index contributed by atoms with van der Waals surface area (Å²) in [5.41, 5.74) is 1.20. The first-order valence-corrected chi connectivity index (χ1v) is 6.57. The number of nitrogens with one attached hydrogen (secondary N) is 2. The summed E-state index contributed by atoms with van der Waals surface area (Å²) in [6.07, 6.45) is 0. The lowest BCUT2D eigenvalue weighted by molar-refractivity contribution is -0.119. The molecule has 0 saturated heterocycles. The predicted molar refractivity (Wildman–Crippen MR) is 79.7 cm³/mol. The Morgan fingerprint density at radius 3 is 2.62 bits per heavy atom. The summed E-state index contributed by atoms with van der Waals surface area (Å²) in [7, 11) is 1.58. The Bertz CT molecular complexity index is 617. The standard InChI is InChI=1S/C16H17FN2O2/c1-21-15-9-5-2-6-12(15)10-19-16(20)11-18-14-8-4-3-7-13(14)17/h2-9,18H,10-11H2,1H3,(H,19,20). The molecule has 2 N–H and O–H groups in total. The largest absolute Gasteiger partial charge is 0.496 e. The van der Waals surface area contributed by atoms with Crippen molar-refractivity contribution in [2.75, 3.05) is 19.0 Å². The van der Waals surface area contributed by atoms with Crippen molar-refractivity contribution >= 4 is 11.6 Å². The molecule has 0 aliphatic heterocycles. The first-order chi connectivity index (χ1) is 10.2. The third-order valence-electron chi connectivity index (χ3n) is 2.98. The lowest BCUT2D eigenvalue weighted by atomic mass is 10.2. The van der Waals surface area contributed by atoms with Crippen LogP contribution < -0.4 is 15.4 Å². The van der Waals surface area contributed by atoms with Gasteiger partial charge in [-0.1, -0.05) is 30.3 Å². The summed E-state index contributed by atoms with van der Waals surface area (Å²) in [4.78, 5) is 11.8. The number of halogens is 1. The molecule has 4 nitrogen and oxygen atoms in total. The van der Waals surface area contributed by atoms with Crippen molar-refractivity contribution in [3.05, 3.63) is 59.9 Å². The number of methoxy groups -OCH3 is 1. The second kappa shape index (κ2) is 7.28. The van der Waals surface area contributed by atoms with Crippen LogP contribution in [-0.2, 0) is 11.3 Å². The normalized spacial score (nSPS) is 10.0. The van der Waals surface area contributed by atoms with Crippen LogP contribution in [0.3, 0.4) is 0 Å². The van der Waals surface area contributed by atoms with Gasteiger partial charge in [0.05, 0.1) is 19.3 Å². The Labute approximate surface area is 122 Å². The molecular weight excluding hydrogens is 271 g/mol. The Hall–Kier alpha value is -2.56. The highest BCUT2D eigenvalue weighted by Crippen LogP contribution is 2.16. The van der Waals surface area contributed by atoms with E-state index >= 15 is 0 Å². The highest BCUT2D eigenvalue weighted by atomic mass is 19.1. The molecule has 0 spiro atoms. The molecule has 5 heteroatoms. The molecule has 0 aliphatic rings. The second-order valence-corrected chi connectivity index (χ2v) is 4.42. The van der Waals surface area contributed by atoms with Crippen LogP contribution in [0.15, 0.2) is 48.5 Å². The van der Waals surface area contributed by atoms with Crippen molar-refractivity contribution in [3.63, 3.8) is 0 Å². The minimum Gasteiger partial charge on any atom is -0.496 e. The highest BCUT2D eigenvalue weighted by molar-refractivity contribution is 5.80. The molecule has 0 fully saturated rings. The second-order valence-electron chi connectivity index (χ2n) is 4.42. The fraction of sp³-hybridized carbons (Fsp3) is 0.188. The number of rotatable bonds is 6. The number of carbonyl (C=O) groups is 1. The lowest BCUT2D eigenvalue weighted by Crippen LogP contribution is -2.29. The molecule has 0 atom stereocenters. The van der Waals surface area contributed by atoms with E-state index in [0.717, 1.165) is 11.3 Å². The highest BCUT2D eigenvalue weighted by Gasteiger charge is 2.06. The van der Waals surface area contributed by atoms with Gasteiger partial charge in [-0.15, -0.1) is 0 Å². The van der Waals surface area contributed by atoms with Crippen LogP contribution in [0.25, 0.3) is 0 Å². The van der Waals surface area contributed by atoms with Gasteiger partial charge in [-0.3, -0.25) is 4.79 Å². The molecule has 2 rings (SSSR count). The first kappa shape index (κ1) is 14.8. The number of ether oxygens (including phenoxy) is 1. The summed E-state index contributed by atoms with van der Waals surface area (Å²) in [5.74, 6) is 0.124. The van der Waals surface area contributed by atoms with Gasteiger partial charge >= 0.3 is 0 Å². The smallest absolute Gasteiger partial charge is 0.239 e. The number of benzene rings is 2. The van der Waals surface area contributed by atoms with Gasteiger partial charge in [-0.25, -0.2) is 4.39 Å². The molecule has 0 heterocycles. The average Bonchev–Trinajstić information content (AvgIpc) is 2.52. The van der Waals surface area contributed by atoms with E-state index in [4.69, 9.17) is 4.74 Å². The Balaban J connectivity index is 1.84. The molecule has 0 bridgehead atoms. The number of hydrogen-bond acceptors (Lipinski definition) is 3. The maximum Gasteiger partial charge on any atom is 0.239 e. The molecule has 21 heavy (non-hydrogen) atoms. The SMILES string of the molecule is COc1ccccc1CNC(=O)CNc1ccccc1F. The quantitative estimate of drug-likeness (QED) is 0.859. The van der Waals surface area contributed by atoms with Crippen LogP contribution in [-0.4, -0.2) is 19.6 Å². The molecule has 0 aliphatic carbocycles. The monoisotopic (exact) mass is 288 g/mol. The van der Waals surface area contributed by atoms with Crippen molar-refractivity contribution < 1.29 is 13.9 Å². The Kier molecular flexibility index (Phi) is 5.15. The molecule has 0 radical (unpaired) electrons. The van der Waals surface area contributed by atoms with Gasteiger partial charge < -0.3 is 15.4 Å². The summed E-state index contributed by atoms with van der Waals surface area (Å²) in [6.45, 7) is 0.373. The number of para-hydroxylation sites is 2. The Morgan fingerprint density at radius 2 is 1.86 bits per heavy atom. The van der Waals surface area contributed by atoms with Crippen LogP contribution in [0.1, 0.15) is 5.56 Å². The van der Waals surface area contributed by atoms with E-state index in [0.29, 0.717) is 12.2 Å². The van der Waals surface area contributed by atoms with Crippen molar-refractivity contribution in [1.82, 2.24) is 5.32 Å². The maximum absolute atomic E-state index is 13.4. The zero-order valence-corrected chi connectivity index (χ0v) is 11.7. The number of anilines is 1. The molecule has 2 aromatic rings. The van der Waals surface area contributed by atoms with E-state index in [2.05, 4.69) is 10.6 Å². The van der Waals surface area contributed by atoms with E-state index in [1.165, 1.54) is 6.07 Å². The zero-order valence-electron chi connectivity index (χ0n) is 11.7. The molecule has 0 saturated carbocycles. The minimum absolute atomic E-state index is 0.0100. The summed E-state index contributed by atoms with van der Waals surface area (Å²) >= 11 is 0. The summed E-state index contributed by atoms with van der Waals surface area (Å²) in [5, 5.41) is 5.52. The average molecular weight is 288 g/mol. The third-order valence-corrected chi connectivity index (χ3v) is 2.98. The molecule has 2 aromatic carbocycles. The lowest BCUT2D eigenvalue weighted by Gasteiger charge is -2.10. The van der Waals surface area contributed by atoms with Crippen LogP contribution >= 0.6 is 0 Å². The van der Waals surface area contributed by atoms with Crippen LogP contribution in [0.5, 0.6) is 5.75 Å². The third kappa shape index (κ3) is 4.21. The van der Waals surface area contributed by atoms with E-state index in [-0.39, 0.29) is 18.3 Å². The van der Waals surface area contributed by atoms with Crippen LogP contribution in [0.2, 0.25) is 0 Å². The van der Waals surface area contributed by atoms with E-state index in [9.17, 15) is 9.18 Å². The molecule has 0 unspecified atom stereocenters. The van der Waals surface area contributed by atoms with Gasteiger partial charge in [-0.05, 0) is 18.2 Å². The summed E-state index contributed by atoms with van der Waals surface area (Å²) in [6, 6.07) is 13.7. The first-order valence-electron chi connectivity index (χ1n) is 6.57. The molecular formula is C16H17FN2O2. The number of carbonyl (C=O) groups excluding carboxylic acids is 1. The van der Waals surface area contributed by atoms with Gasteiger partial charge in [0.25, 0.3) is 0 Å². The van der Waals surface area contributed by atoms with Crippen LogP contribution in [0.4, 0.5) is 10.1 Å². The van der Waals surface area contributed by atoms with Crippen molar-refractivity contribution in [2.24, 2.45) is 0 Å². The van der Waals surface area contributed by atoms with Gasteiger partial charge in [-0.2, -0.15) is 0 Å². The molecule has 1 amide bonds. The minimum atomic E-state index is -0.380.